The van der Waals surface area contributed by atoms with E-state index in [1.807, 2.05) is 6.92 Å². The van der Waals surface area contributed by atoms with E-state index in [0.717, 1.165) is 0 Å². The van der Waals surface area contributed by atoms with Gasteiger partial charge in [0, 0.05) is 13.0 Å². The molecule has 1 rings (SSSR count). The maximum absolute atomic E-state index is 11.9. The van der Waals surface area contributed by atoms with Crippen molar-refractivity contribution in [1.82, 2.24) is 4.90 Å². The van der Waals surface area contributed by atoms with Crippen molar-refractivity contribution >= 4 is 21.7 Å². The van der Waals surface area contributed by atoms with E-state index < -0.39 is 15.8 Å². The second-order valence-electron chi connectivity index (χ2n) is 4.68. The number of sulfone groups is 1. The molecule has 0 aliphatic carbocycles. The van der Waals surface area contributed by atoms with Crippen molar-refractivity contribution in [1.29, 1.82) is 0 Å². The summed E-state index contributed by atoms with van der Waals surface area (Å²) >= 11 is 0. The summed E-state index contributed by atoms with van der Waals surface area (Å²) in [6.45, 7) is 1.94. The zero-order valence-corrected chi connectivity index (χ0v) is 11.3. The maximum Gasteiger partial charge on any atom is 0.323 e. The van der Waals surface area contributed by atoms with Gasteiger partial charge in [-0.3, -0.25) is 9.59 Å². The zero-order chi connectivity index (χ0) is 13.8. The molecule has 0 aromatic carbocycles. The highest BCUT2D eigenvalue weighted by atomic mass is 32.2. The smallest absolute Gasteiger partial charge is 0.323 e. The summed E-state index contributed by atoms with van der Waals surface area (Å²) in [5.41, 5.74) is 0. The van der Waals surface area contributed by atoms with E-state index >= 15 is 0 Å². The number of amides is 1. The van der Waals surface area contributed by atoms with Crippen LogP contribution in [0.1, 0.15) is 26.2 Å². The van der Waals surface area contributed by atoms with Gasteiger partial charge in [0.2, 0.25) is 5.91 Å². The van der Waals surface area contributed by atoms with E-state index in [-0.39, 0.29) is 36.3 Å². The molecule has 1 atom stereocenters. The predicted molar refractivity (Wildman–Crippen MR) is 65.9 cm³/mol. The highest BCUT2D eigenvalue weighted by Gasteiger charge is 2.30. The summed E-state index contributed by atoms with van der Waals surface area (Å²) < 4.78 is 22.6. The van der Waals surface area contributed by atoms with E-state index in [9.17, 15) is 18.0 Å². The fourth-order valence-electron chi connectivity index (χ4n) is 2.13. The molecule has 1 aliphatic rings. The molecular weight excluding hydrogens is 258 g/mol. The minimum atomic E-state index is -2.99. The molecule has 1 unspecified atom stereocenters. The second-order valence-corrected chi connectivity index (χ2v) is 6.91. The predicted octanol–water partition coefficient (Wildman–Crippen LogP) is 0.134. The first kappa shape index (κ1) is 14.9. The standard InChI is InChI=1S/C11H19NO5S/c1-2-4-12(7-11(14)15)10(13)6-9-3-5-18(16,17)8-9/h9H,2-8H2,1H3,(H,14,15). The van der Waals surface area contributed by atoms with Crippen molar-refractivity contribution in [2.24, 2.45) is 5.92 Å². The first-order valence-electron chi connectivity index (χ1n) is 6.04. The fraction of sp³-hybridized carbons (Fsp3) is 0.818. The first-order valence-corrected chi connectivity index (χ1v) is 7.86. The Morgan fingerprint density at radius 3 is 2.50 bits per heavy atom. The van der Waals surface area contributed by atoms with Gasteiger partial charge in [0.1, 0.15) is 6.54 Å². The van der Waals surface area contributed by atoms with Crippen LogP contribution in [0.4, 0.5) is 0 Å². The summed E-state index contributed by atoms with van der Waals surface area (Å²) in [6, 6.07) is 0. The molecule has 1 heterocycles. The average molecular weight is 277 g/mol. The third-order valence-electron chi connectivity index (χ3n) is 2.96. The topological polar surface area (TPSA) is 91.8 Å². The number of carboxylic acids is 1. The molecule has 1 amide bonds. The molecule has 1 saturated heterocycles. The Balaban J connectivity index is 2.54. The molecule has 1 fully saturated rings. The Hall–Kier alpha value is -1.11. The van der Waals surface area contributed by atoms with Crippen molar-refractivity contribution in [3.05, 3.63) is 0 Å². The summed E-state index contributed by atoms with van der Waals surface area (Å²) in [5, 5.41) is 8.71. The van der Waals surface area contributed by atoms with Crippen LogP contribution in [0.2, 0.25) is 0 Å². The molecule has 0 aromatic heterocycles. The van der Waals surface area contributed by atoms with Crippen LogP contribution in [0.25, 0.3) is 0 Å². The molecule has 1 N–H and O–H groups in total. The van der Waals surface area contributed by atoms with Crippen LogP contribution in [-0.2, 0) is 19.4 Å². The highest BCUT2D eigenvalue weighted by Crippen LogP contribution is 2.22. The monoisotopic (exact) mass is 277 g/mol. The average Bonchev–Trinajstić information content (AvgIpc) is 2.56. The molecule has 0 radical (unpaired) electrons. The molecule has 104 valence electrons. The number of carbonyl (C=O) groups is 2. The van der Waals surface area contributed by atoms with Crippen LogP contribution in [0.3, 0.4) is 0 Å². The van der Waals surface area contributed by atoms with Crippen molar-refractivity contribution in [2.45, 2.75) is 26.2 Å². The van der Waals surface area contributed by atoms with Crippen LogP contribution in [0.15, 0.2) is 0 Å². The Bertz CT molecular complexity index is 417. The van der Waals surface area contributed by atoms with Crippen molar-refractivity contribution in [2.75, 3.05) is 24.6 Å². The first-order chi connectivity index (χ1) is 8.34. The van der Waals surface area contributed by atoms with Gasteiger partial charge >= 0.3 is 5.97 Å². The van der Waals surface area contributed by atoms with Crippen LogP contribution in [-0.4, -0.2) is 54.9 Å². The third kappa shape index (κ3) is 4.64. The summed E-state index contributed by atoms with van der Waals surface area (Å²) in [7, 11) is -2.99. The normalized spacial score (nSPS) is 21.7. The van der Waals surface area contributed by atoms with Crippen LogP contribution in [0.5, 0.6) is 0 Å². The minimum Gasteiger partial charge on any atom is -0.480 e. The van der Waals surface area contributed by atoms with E-state index in [0.29, 0.717) is 19.4 Å². The zero-order valence-electron chi connectivity index (χ0n) is 10.5. The largest absolute Gasteiger partial charge is 0.480 e. The molecule has 0 bridgehead atoms. The van der Waals surface area contributed by atoms with E-state index in [1.165, 1.54) is 4.90 Å². The van der Waals surface area contributed by atoms with Gasteiger partial charge in [0.05, 0.1) is 11.5 Å². The number of nitrogens with zero attached hydrogens (tertiary/aromatic N) is 1. The summed E-state index contributed by atoms with van der Waals surface area (Å²) in [6.07, 6.45) is 1.32. The SMILES string of the molecule is CCCN(CC(=O)O)C(=O)CC1CCS(=O)(=O)C1. The van der Waals surface area contributed by atoms with Gasteiger partial charge in [-0.25, -0.2) is 8.42 Å². The van der Waals surface area contributed by atoms with Crippen LogP contribution < -0.4 is 0 Å². The molecule has 0 spiro atoms. The number of carboxylic acid groups (broad SMARTS) is 1. The Labute approximate surface area is 107 Å². The van der Waals surface area contributed by atoms with Crippen molar-refractivity contribution < 1.29 is 23.1 Å². The number of aliphatic carboxylic acids is 1. The van der Waals surface area contributed by atoms with Gasteiger partial charge in [-0.15, -0.1) is 0 Å². The van der Waals surface area contributed by atoms with Crippen molar-refractivity contribution in [3.63, 3.8) is 0 Å². The van der Waals surface area contributed by atoms with Gasteiger partial charge in [-0.1, -0.05) is 6.92 Å². The van der Waals surface area contributed by atoms with Gasteiger partial charge < -0.3 is 10.0 Å². The van der Waals surface area contributed by atoms with E-state index in [4.69, 9.17) is 5.11 Å². The van der Waals surface area contributed by atoms with Gasteiger partial charge in [-0.05, 0) is 18.8 Å². The van der Waals surface area contributed by atoms with Crippen molar-refractivity contribution in [3.8, 4) is 0 Å². The molecular formula is C11H19NO5S. The van der Waals surface area contributed by atoms with Gasteiger partial charge in [0.15, 0.2) is 9.84 Å². The molecule has 0 saturated carbocycles. The summed E-state index contributed by atoms with van der Waals surface area (Å²) in [4.78, 5) is 23.8. The summed E-state index contributed by atoms with van der Waals surface area (Å²) in [5.74, 6) is -1.28. The Morgan fingerprint density at radius 1 is 1.39 bits per heavy atom. The molecule has 6 nitrogen and oxygen atoms in total. The lowest BCUT2D eigenvalue weighted by molar-refractivity contribution is -0.144. The number of hydrogen-bond acceptors (Lipinski definition) is 4. The lowest BCUT2D eigenvalue weighted by atomic mass is 10.0. The molecule has 7 heteroatoms. The Kier molecular flexibility index (Phi) is 5.13. The molecule has 1 aliphatic heterocycles. The van der Waals surface area contributed by atoms with Gasteiger partial charge in [-0.2, -0.15) is 0 Å². The lowest BCUT2D eigenvalue weighted by Crippen LogP contribution is -2.37. The Morgan fingerprint density at radius 2 is 2.06 bits per heavy atom. The number of carbonyl (C=O) groups excluding carboxylic acids is 1. The van der Waals surface area contributed by atoms with Crippen LogP contribution >= 0.6 is 0 Å². The maximum atomic E-state index is 11.9. The van der Waals surface area contributed by atoms with Crippen LogP contribution in [0, 0.1) is 5.92 Å². The van der Waals surface area contributed by atoms with Gasteiger partial charge in [0.25, 0.3) is 0 Å². The lowest BCUT2D eigenvalue weighted by Gasteiger charge is -2.21. The van der Waals surface area contributed by atoms with E-state index in [2.05, 4.69) is 0 Å². The number of rotatable bonds is 6. The quantitative estimate of drug-likeness (QED) is 0.745. The molecule has 18 heavy (non-hydrogen) atoms. The fourth-order valence-corrected chi connectivity index (χ4v) is 4.00. The van der Waals surface area contributed by atoms with E-state index in [1.54, 1.807) is 0 Å². The number of hydrogen-bond donors (Lipinski definition) is 1. The third-order valence-corrected chi connectivity index (χ3v) is 4.80. The highest BCUT2D eigenvalue weighted by molar-refractivity contribution is 7.91. The molecule has 0 aromatic rings. The minimum absolute atomic E-state index is 0.0474. The second kappa shape index (κ2) is 6.17.